The van der Waals surface area contributed by atoms with E-state index >= 15 is 0 Å². The smallest absolute Gasteiger partial charge is 0.134 e. The highest BCUT2D eigenvalue weighted by molar-refractivity contribution is 5.94. The van der Waals surface area contributed by atoms with E-state index in [-0.39, 0.29) is 11.4 Å². The molecular formula is C7H5F2N2. The van der Waals surface area contributed by atoms with E-state index in [0.29, 0.717) is 0 Å². The fourth-order valence-corrected chi connectivity index (χ4v) is 0.656. The molecule has 0 aromatic heterocycles. The SMILES string of the molecule is N=C(N)c1cc(F)[c]c(F)c1. The summed E-state index contributed by atoms with van der Waals surface area (Å²) in [6.07, 6.45) is 0. The predicted molar refractivity (Wildman–Crippen MR) is 36.2 cm³/mol. The molecule has 0 amide bonds. The fourth-order valence-electron chi connectivity index (χ4n) is 0.656. The predicted octanol–water partition coefficient (Wildman–Crippen LogP) is 1.05. The molecule has 11 heavy (non-hydrogen) atoms. The number of amidine groups is 1. The molecule has 0 aliphatic carbocycles. The number of nitrogens with one attached hydrogen (secondary N) is 1. The van der Waals surface area contributed by atoms with Crippen LogP contribution in [0, 0.1) is 23.1 Å². The maximum atomic E-state index is 12.3. The van der Waals surface area contributed by atoms with Crippen LogP contribution in [0.25, 0.3) is 0 Å². The van der Waals surface area contributed by atoms with Crippen LogP contribution in [0.5, 0.6) is 0 Å². The Morgan fingerprint density at radius 1 is 1.36 bits per heavy atom. The molecule has 0 bridgehead atoms. The average molecular weight is 155 g/mol. The van der Waals surface area contributed by atoms with Crippen molar-refractivity contribution in [1.82, 2.24) is 0 Å². The van der Waals surface area contributed by atoms with Crippen molar-refractivity contribution in [3.8, 4) is 0 Å². The van der Waals surface area contributed by atoms with Crippen molar-refractivity contribution < 1.29 is 8.78 Å². The molecule has 2 nitrogen and oxygen atoms in total. The second-order valence-electron chi connectivity index (χ2n) is 1.98. The van der Waals surface area contributed by atoms with E-state index in [1.165, 1.54) is 0 Å². The summed E-state index contributed by atoms with van der Waals surface area (Å²) in [5.41, 5.74) is 5.01. The van der Waals surface area contributed by atoms with Gasteiger partial charge in [-0.2, -0.15) is 0 Å². The van der Waals surface area contributed by atoms with E-state index in [0.717, 1.165) is 12.1 Å². The molecule has 4 heteroatoms. The van der Waals surface area contributed by atoms with Crippen LogP contribution in [0.15, 0.2) is 12.1 Å². The monoisotopic (exact) mass is 155 g/mol. The van der Waals surface area contributed by atoms with Gasteiger partial charge in [-0.3, -0.25) is 5.41 Å². The van der Waals surface area contributed by atoms with Gasteiger partial charge in [0.25, 0.3) is 0 Å². The zero-order valence-electron chi connectivity index (χ0n) is 5.49. The summed E-state index contributed by atoms with van der Waals surface area (Å²) in [6, 6.07) is 3.68. The first kappa shape index (κ1) is 7.65. The van der Waals surface area contributed by atoms with Crippen molar-refractivity contribution in [1.29, 1.82) is 5.41 Å². The molecule has 0 atom stereocenters. The Labute approximate surface area is 62.2 Å². The number of halogens is 2. The fraction of sp³-hybridized carbons (Fsp3) is 0. The van der Waals surface area contributed by atoms with Gasteiger partial charge in [0.05, 0.1) is 6.07 Å². The van der Waals surface area contributed by atoms with Gasteiger partial charge in [-0.1, -0.05) is 0 Å². The number of nitrogens with two attached hydrogens (primary N) is 1. The third kappa shape index (κ3) is 1.73. The minimum atomic E-state index is -0.852. The van der Waals surface area contributed by atoms with Gasteiger partial charge < -0.3 is 5.73 Å². The number of hydrogen-bond acceptors (Lipinski definition) is 1. The van der Waals surface area contributed by atoms with E-state index in [9.17, 15) is 8.78 Å². The lowest BCUT2D eigenvalue weighted by atomic mass is 10.2. The molecule has 0 heterocycles. The van der Waals surface area contributed by atoms with E-state index in [1.54, 1.807) is 6.07 Å². The van der Waals surface area contributed by atoms with Gasteiger partial charge in [-0.05, 0) is 12.1 Å². The summed E-state index contributed by atoms with van der Waals surface area (Å²) >= 11 is 0. The summed E-state index contributed by atoms with van der Waals surface area (Å²) in [6.45, 7) is 0. The van der Waals surface area contributed by atoms with E-state index in [1.807, 2.05) is 0 Å². The Balaban J connectivity index is 3.19. The van der Waals surface area contributed by atoms with Crippen molar-refractivity contribution >= 4 is 5.84 Å². The standard InChI is InChI=1S/C7H5F2N2/c8-5-1-4(7(10)11)2-6(9)3-5/h1-2H,(H3,10,11). The highest BCUT2D eigenvalue weighted by atomic mass is 19.1. The lowest BCUT2D eigenvalue weighted by molar-refractivity contribution is 0.579. The third-order valence-electron chi connectivity index (χ3n) is 1.11. The molecule has 0 saturated carbocycles. The number of nitrogen functional groups attached to an aromatic ring is 1. The lowest BCUT2D eigenvalue weighted by Gasteiger charge is -1.96. The van der Waals surface area contributed by atoms with Crippen LogP contribution in [-0.4, -0.2) is 5.84 Å². The van der Waals surface area contributed by atoms with Crippen LogP contribution in [-0.2, 0) is 0 Å². The molecule has 57 valence electrons. The number of benzene rings is 1. The Kier molecular flexibility index (Phi) is 1.85. The average Bonchev–Trinajstić information content (AvgIpc) is 1.85. The summed E-state index contributed by atoms with van der Waals surface area (Å²) in [5, 5.41) is 6.86. The Morgan fingerprint density at radius 3 is 2.18 bits per heavy atom. The van der Waals surface area contributed by atoms with E-state index in [4.69, 9.17) is 11.1 Å². The van der Waals surface area contributed by atoms with Gasteiger partial charge in [-0.15, -0.1) is 0 Å². The Morgan fingerprint density at radius 2 is 1.82 bits per heavy atom. The molecule has 1 aromatic carbocycles. The van der Waals surface area contributed by atoms with Crippen molar-refractivity contribution in [2.75, 3.05) is 0 Å². The summed E-state index contributed by atoms with van der Waals surface area (Å²) in [5.74, 6) is -2.07. The van der Waals surface area contributed by atoms with Crippen molar-refractivity contribution in [3.05, 3.63) is 35.4 Å². The summed E-state index contributed by atoms with van der Waals surface area (Å²) in [4.78, 5) is 0. The van der Waals surface area contributed by atoms with E-state index in [2.05, 4.69) is 0 Å². The third-order valence-corrected chi connectivity index (χ3v) is 1.11. The molecule has 0 aliphatic heterocycles. The molecule has 0 saturated heterocycles. The van der Waals surface area contributed by atoms with Gasteiger partial charge in [0, 0.05) is 5.56 Å². The summed E-state index contributed by atoms with van der Waals surface area (Å²) < 4.78 is 24.7. The van der Waals surface area contributed by atoms with Gasteiger partial charge >= 0.3 is 0 Å². The molecule has 1 aromatic rings. The minimum absolute atomic E-state index is 0.0266. The highest BCUT2D eigenvalue weighted by Gasteiger charge is 2.02. The van der Waals surface area contributed by atoms with Crippen LogP contribution in [0.3, 0.4) is 0 Å². The molecule has 1 rings (SSSR count). The molecule has 0 fully saturated rings. The number of rotatable bonds is 1. The molecular weight excluding hydrogens is 150 g/mol. The Bertz CT molecular complexity index is 276. The van der Waals surface area contributed by atoms with Crippen LogP contribution < -0.4 is 5.73 Å². The lowest BCUT2D eigenvalue weighted by Crippen LogP contribution is -2.11. The van der Waals surface area contributed by atoms with Crippen LogP contribution in [0.2, 0.25) is 0 Å². The largest absolute Gasteiger partial charge is 0.384 e. The zero-order chi connectivity index (χ0) is 8.43. The summed E-state index contributed by atoms with van der Waals surface area (Å²) in [7, 11) is 0. The van der Waals surface area contributed by atoms with Crippen molar-refractivity contribution in [2.45, 2.75) is 0 Å². The molecule has 0 spiro atoms. The van der Waals surface area contributed by atoms with Crippen molar-refractivity contribution in [3.63, 3.8) is 0 Å². The maximum Gasteiger partial charge on any atom is 0.134 e. The highest BCUT2D eigenvalue weighted by Crippen LogP contribution is 2.05. The first-order valence-corrected chi connectivity index (χ1v) is 2.82. The van der Waals surface area contributed by atoms with Gasteiger partial charge in [0.2, 0.25) is 0 Å². The normalized spacial score (nSPS) is 9.64. The van der Waals surface area contributed by atoms with Crippen LogP contribution in [0.4, 0.5) is 8.78 Å². The second kappa shape index (κ2) is 2.65. The number of hydrogen-bond donors (Lipinski definition) is 2. The Hall–Kier alpha value is -1.45. The van der Waals surface area contributed by atoms with Crippen LogP contribution >= 0.6 is 0 Å². The topological polar surface area (TPSA) is 49.9 Å². The molecule has 3 N–H and O–H groups in total. The first-order chi connectivity index (χ1) is 5.09. The quantitative estimate of drug-likeness (QED) is 0.462. The maximum absolute atomic E-state index is 12.3. The minimum Gasteiger partial charge on any atom is -0.384 e. The first-order valence-electron chi connectivity index (χ1n) is 2.82. The van der Waals surface area contributed by atoms with Crippen molar-refractivity contribution in [2.24, 2.45) is 5.73 Å². The molecule has 1 radical (unpaired) electrons. The zero-order valence-corrected chi connectivity index (χ0v) is 5.49. The van der Waals surface area contributed by atoms with Gasteiger partial charge in [0.15, 0.2) is 0 Å². The van der Waals surface area contributed by atoms with Gasteiger partial charge in [-0.25, -0.2) is 8.78 Å². The molecule has 0 unspecified atom stereocenters. The second-order valence-corrected chi connectivity index (χ2v) is 1.98. The van der Waals surface area contributed by atoms with E-state index < -0.39 is 11.6 Å². The van der Waals surface area contributed by atoms with Gasteiger partial charge in [0.1, 0.15) is 17.5 Å². The van der Waals surface area contributed by atoms with Crippen LogP contribution in [0.1, 0.15) is 5.56 Å². The molecule has 0 aliphatic rings.